The van der Waals surface area contributed by atoms with E-state index in [1.54, 1.807) is 0 Å². The Bertz CT molecular complexity index is 800. The van der Waals surface area contributed by atoms with Crippen LogP contribution in [-0.4, -0.2) is 51.2 Å². The summed E-state index contributed by atoms with van der Waals surface area (Å²) < 4.78 is 1.96. The summed E-state index contributed by atoms with van der Waals surface area (Å²) in [5, 5.41) is 15.0. The highest BCUT2D eigenvalue weighted by Gasteiger charge is 2.19. The number of guanidine groups is 1. The number of hydrogen-bond acceptors (Lipinski definition) is 4. The van der Waals surface area contributed by atoms with Gasteiger partial charge in [0.15, 0.2) is 11.8 Å². The van der Waals surface area contributed by atoms with Crippen molar-refractivity contribution in [3.63, 3.8) is 0 Å². The molecule has 150 valence electrons. The van der Waals surface area contributed by atoms with Crippen LogP contribution < -0.4 is 10.6 Å². The van der Waals surface area contributed by atoms with Crippen molar-refractivity contribution in [2.75, 3.05) is 19.6 Å². The van der Waals surface area contributed by atoms with E-state index in [-0.39, 0.29) is 5.91 Å². The van der Waals surface area contributed by atoms with Crippen molar-refractivity contribution in [2.24, 2.45) is 12.0 Å². The molecule has 2 N–H and O–H groups in total. The molecule has 1 aliphatic rings. The summed E-state index contributed by atoms with van der Waals surface area (Å²) in [6, 6.07) is 10.2. The maximum absolute atomic E-state index is 11.7. The first-order valence-electron chi connectivity index (χ1n) is 9.82. The van der Waals surface area contributed by atoms with Gasteiger partial charge in [-0.3, -0.25) is 4.79 Å². The van der Waals surface area contributed by atoms with Crippen LogP contribution in [0.25, 0.3) is 0 Å². The number of aryl methyl sites for hydroxylation is 1. The van der Waals surface area contributed by atoms with Crippen LogP contribution in [0.4, 0.5) is 0 Å². The van der Waals surface area contributed by atoms with Crippen LogP contribution in [-0.2, 0) is 24.9 Å². The molecule has 1 saturated heterocycles. The predicted octanol–water partition coefficient (Wildman–Crippen LogP) is 1.37. The summed E-state index contributed by atoms with van der Waals surface area (Å²) in [6.45, 7) is 5.50. The molecule has 0 unspecified atom stereocenters. The van der Waals surface area contributed by atoms with Crippen LogP contribution in [0.15, 0.2) is 35.3 Å². The Morgan fingerprint density at radius 1 is 1.21 bits per heavy atom. The number of hydrogen-bond donors (Lipinski definition) is 2. The first kappa shape index (κ1) is 19.9. The molecular weight excluding hydrogens is 354 g/mol. The van der Waals surface area contributed by atoms with E-state index in [0.717, 1.165) is 55.6 Å². The molecule has 8 nitrogen and oxygen atoms in total. The molecule has 8 heteroatoms. The predicted molar refractivity (Wildman–Crippen MR) is 109 cm³/mol. The molecule has 1 aromatic carbocycles. The molecule has 1 aliphatic heterocycles. The minimum absolute atomic E-state index is 0.272. The Kier molecular flexibility index (Phi) is 7.00. The Hall–Kier alpha value is -2.90. The molecule has 0 spiro atoms. The minimum Gasteiger partial charge on any atom is -0.356 e. The van der Waals surface area contributed by atoms with Crippen LogP contribution in [0.5, 0.6) is 0 Å². The highest BCUT2D eigenvalue weighted by atomic mass is 16.2. The molecule has 28 heavy (non-hydrogen) atoms. The first-order chi connectivity index (χ1) is 13.6. The second-order valence-electron chi connectivity index (χ2n) is 6.99. The van der Waals surface area contributed by atoms with E-state index in [2.05, 4.69) is 38.0 Å². The Morgan fingerprint density at radius 2 is 2.04 bits per heavy atom. The number of nitrogens with one attached hydrogen (secondary N) is 2. The second-order valence-corrected chi connectivity index (χ2v) is 6.99. The lowest BCUT2D eigenvalue weighted by Gasteiger charge is -2.17. The molecule has 0 radical (unpaired) electrons. The smallest absolute Gasteiger partial charge is 0.222 e. The normalized spacial score (nSPS) is 14.6. The highest BCUT2D eigenvalue weighted by molar-refractivity contribution is 5.79. The largest absolute Gasteiger partial charge is 0.356 e. The standard InChI is InChI=1S/C20H29N7O/c1-16-24-25-18(26(16)2)15-23-20(22-14-17-8-4-3-5-9-17)21-11-7-13-27-12-6-10-19(27)28/h3-5,8-9H,6-7,10-15H2,1-2H3,(H2,21,22,23). The molecule has 1 fully saturated rings. The van der Waals surface area contributed by atoms with E-state index in [9.17, 15) is 4.79 Å². The quantitative estimate of drug-likeness (QED) is 0.408. The summed E-state index contributed by atoms with van der Waals surface area (Å²) in [4.78, 5) is 18.3. The summed E-state index contributed by atoms with van der Waals surface area (Å²) in [5.41, 5.74) is 1.15. The van der Waals surface area contributed by atoms with E-state index in [0.29, 0.717) is 19.5 Å². The number of aromatic nitrogens is 3. The molecule has 2 heterocycles. The number of carbonyl (C=O) groups excluding carboxylic acids is 1. The molecule has 0 bridgehead atoms. The van der Waals surface area contributed by atoms with Gasteiger partial charge in [-0.1, -0.05) is 30.3 Å². The topological polar surface area (TPSA) is 87.4 Å². The third-order valence-electron chi connectivity index (χ3n) is 4.93. The minimum atomic E-state index is 0.272. The Morgan fingerprint density at radius 3 is 2.71 bits per heavy atom. The first-order valence-corrected chi connectivity index (χ1v) is 9.82. The third-order valence-corrected chi connectivity index (χ3v) is 4.93. The van der Waals surface area contributed by atoms with Gasteiger partial charge in [0.25, 0.3) is 0 Å². The fourth-order valence-corrected chi connectivity index (χ4v) is 3.11. The average Bonchev–Trinajstić information content (AvgIpc) is 3.27. The van der Waals surface area contributed by atoms with Gasteiger partial charge in [0.2, 0.25) is 5.91 Å². The summed E-state index contributed by atoms with van der Waals surface area (Å²) in [5.74, 6) is 2.74. The van der Waals surface area contributed by atoms with Crippen molar-refractivity contribution in [3.05, 3.63) is 47.5 Å². The van der Waals surface area contributed by atoms with Crippen molar-refractivity contribution >= 4 is 11.9 Å². The maximum atomic E-state index is 11.7. The lowest BCUT2D eigenvalue weighted by atomic mass is 10.2. The molecule has 3 rings (SSSR count). The maximum Gasteiger partial charge on any atom is 0.222 e. The van der Waals surface area contributed by atoms with Crippen molar-refractivity contribution in [1.29, 1.82) is 0 Å². The second kappa shape index (κ2) is 9.87. The van der Waals surface area contributed by atoms with E-state index >= 15 is 0 Å². The molecule has 1 aromatic heterocycles. The van der Waals surface area contributed by atoms with Gasteiger partial charge in [0.05, 0.1) is 13.1 Å². The van der Waals surface area contributed by atoms with Crippen LogP contribution in [0.3, 0.4) is 0 Å². The fourth-order valence-electron chi connectivity index (χ4n) is 3.11. The van der Waals surface area contributed by atoms with Gasteiger partial charge in [0, 0.05) is 33.1 Å². The third kappa shape index (κ3) is 5.55. The van der Waals surface area contributed by atoms with Crippen LogP contribution >= 0.6 is 0 Å². The van der Waals surface area contributed by atoms with Crippen LogP contribution in [0.1, 0.15) is 36.5 Å². The van der Waals surface area contributed by atoms with E-state index in [1.807, 2.05) is 41.6 Å². The molecular formula is C20H29N7O. The zero-order valence-corrected chi connectivity index (χ0v) is 16.7. The lowest BCUT2D eigenvalue weighted by molar-refractivity contribution is -0.127. The van der Waals surface area contributed by atoms with E-state index in [1.165, 1.54) is 0 Å². The summed E-state index contributed by atoms with van der Waals surface area (Å²) in [6.07, 6.45) is 2.56. The Balaban J connectivity index is 1.53. The van der Waals surface area contributed by atoms with E-state index in [4.69, 9.17) is 0 Å². The van der Waals surface area contributed by atoms with Gasteiger partial charge < -0.3 is 20.1 Å². The zero-order valence-electron chi connectivity index (χ0n) is 16.7. The van der Waals surface area contributed by atoms with Crippen LogP contribution in [0, 0.1) is 6.92 Å². The average molecular weight is 384 g/mol. The number of amides is 1. The van der Waals surface area contributed by atoms with Crippen molar-refractivity contribution in [1.82, 2.24) is 30.3 Å². The van der Waals surface area contributed by atoms with E-state index < -0.39 is 0 Å². The van der Waals surface area contributed by atoms with Gasteiger partial charge in [-0.05, 0) is 25.3 Å². The van der Waals surface area contributed by atoms with Gasteiger partial charge >= 0.3 is 0 Å². The lowest BCUT2D eigenvalue weighted by Crippen LogP contribution is -2.39. The van der Waals surface area contributed by atoms with Gasteiger partial charge in [-0.2, -0.15) is 0 Å². The van der Waals surface area contributed by atoms with Crippen molar-refractivity contribution in [3.8, 4) is 0 Å². The summed E-state index contributed by atoms with van der Waals surface area (Å²) in [7, 11) is 1.95. The number of nitrogens with zero attached hydrogens (tertiary/aromatic N) is 5. The number of likely N-dealkylation sites (tertiary alicyclic amines) is 1. The van der Waals surface area contributed by atoms with Gasteiger partial charge in [-0.15, -0.1) is 10.2 Å². The highest BCUT2D eigenvalue weighted by Crippen LogP contribution is 2.09. The monoisotopic (exact) mass is 383 g/mol. The number of rotatable bonds is 8. The fraction of sp³-hybridized carbons (Fsp3) is 0.500. The SMILES string of the molecule is Cc1nnc(CNC(=NCc2ccccc2)NCCCN2CCCC2=O)n1C. The molecule has 1 amide bonds. The number of aliphatic imine (C=N–C) groups is 1. The van der Waals surface area contributed by atoms with Crippen molar-refractivity contribution < 1.29 is 4.79 Å². The van der Waals surface area contributed by atoms with Crippen LogP contribution in [0.2, 0.25) is 0 Å². The number of carbonyl (C=O) groups is 1. The zero-order chi connectivity index (χ0) is 19.8. The molecule has 2 aromatic rings. The molecule has 0 saturated carbocycles. The molecule has 0 atom stereocenters. The Labute approximate surface area is 166 Å². The number of benzene rings is 1. The molecule has 0 aliphatic carbocycles. The van der Waals surface area contributed by atoms with Gasteiger partial charge in [0.1, 0.15) is 5.82 Å². The van der Waals surface area contributed by atoms with Gasteiger partial charge in [-0.25, -0.2) is 4.99 Å². The summed E-state index contributed by atoms with van der Waals surface area (Å²) >= 11 is 0. The van der Waals surface area contributed by atoms with Crippen molar-refractivity contribution in [2.45, 2.75) is 39.3 Å².